The molecule has 0 aliphatic rings. The molecule has 0 amide bonds. The second kappa shape index (κ2) is 9.61. The van der Waals surface area contributed by atoms with Crippen LogP contribution in [0.5, 0.6) is 0 Å². The number of anilines is 1. The number of esters is 1. The minimum absolute atomic E-state index is 0.288. The predicted octanol–water partition coefficient (Wildman–Crippen LogP) is 4.70. The zero-order chi connectivity index (χ0) is 18.2. The van der Waals surface area contributed by atoms with E-state index < -0.39 is 5.97 Å². The Morgan fingerprint density at radius 2 is 1.92 bits per heavy atom. The zero-order valence-corrected chi connectivity index (χ0v) is 16.0. The fraction of sp³-hybridized carbons (Fsp3) is 0.222. The summed E-state index contributed by atoms with van der Waals surface area (Å²) in [6, 6.07) is 12.8. The average Bonchev–Trinajstić information content (AvgIpc) is 2.61. The van der Waals surface area contributed by atoms with Crippen LogP contribution in [0.4, 0.5) is 5.69 Å². The Kier molecular flexibility index (Phi) is 7.50. The Bertz CT molecular complexity index is 768. The van der Waals surface area contributed by atoms with E-state index in [1.54, 1.807) is 18.2 Å². The Morgan fingerprint density at radius 3 is 2.64 bits per heavy atom. The van der Waals surface area contributed by atoms with E-state index in [1.807, 2.05) is 24.3 Å². The van der Waals surface area contributed by atoms with Crippen LogP contribution < -0.4 is 10.6 Å². The van der Waals surface area contributed by atoms with Gasteiger partial charge in [0.25, 0.3) is 0 Å². The van der Waals surface area contributed by atoms with Crippen LogP contribution in [0, 0.1) is 0 Å². The SMILES string of the molecule is COC(=O)c1cc(NC(=S)NCCCc2ccccc2Cl)ccc1Cl. The van der Waals surface area contributed by atoms with E-state index in [4.69, 9.17) is 40.2 Å². The summed E-state index contributed by atoms with van der Waals surface area (Å²) in [6.45, 7) is 0.703. The number of methoxy groups -OCH3 is 1. The molecule has 7 heteroatoms. The largest absolute Gasteiger partial charge is 0.465 e. The maximum Gasteiger partial charge on any atom is 0.339 e. The molecule has 0 heterocycles. The first-order valence-corrected chi connectivity index (χ1v) is 8.84. The number of hydrogen-bond acceptors (Lipinski definition) is 3. The quantitative estimate of drug-likeness (QED) is 0.421. The van der Waals surface area contributed by atoms with E-state index in [9.17, 15) is 4.79 Å². The van der Waals surface area contributed by atoms with Crippen molar-refractivity contribution in [1.29, 1.82) is 0 Å². The molecule has 0 saturated heterocycles. The Balaban J connectivity index is 1.82. The highest BCUT2D eigenvalue weighted by molar-refractivity contribution is 7.80. The molecule has 132 valence electrons. The number of rotatable bonds is 6. The smallest absolute Gasteiger partial charge is 0.339 e. The fourth-order valence-corrected chi connectivity index (χ4v) is 2.87. The third kappa shape index (κ3) is 5.88. The highest BCUT2D eigenvalue weighted by Gasteiger charge is 2.11. The number of ether oxygens (including phenoxy) is 1. The van der Waals surface area contributed by atoms with Crippen LogP contribution in [-0.2, 0) is 11.2 Å². The third-order valence-electron chi connectivity index (χ3n) is 3.50. The number of hydrogen-bond donors (Lipinski definition) is 2. The highest BCUT2D eigenvalue weighted by Crippen LogP contribution is 2.21. The van der Waals surface area contributed by atoms with Gasteiger partial charge in [-0.05, 0) is 54.9 Å². The summed E-state index contributed by atoms with van der Waals surface area (Å²) < 4.78 is 4.70. The minimum atomic E-state index is -0.493. The first kappa shape index (κ1) is 19.5. The van der Waals surface area contributed by atoms with Crippen molar-refractivity contribution in [3.05, 3.63) is 63.6 Å². The van der Waals surface area contributed by atoms with Crippen molar-refractivity contribution in [1.82, 2.24) is 5.32 Å². The van der Waals surface area contributed by atoms with Gasteiger partial charge in [-0.25, -0.2) is 4.79 Å². The van der Waals surface area contributed by atoms with Crippen molar-refractivity contribution in [2.24, 2.45) is 0 Å². The van der Waals surface area contributed by atoms with Gasteiger partial charge in [0, 0.05) is 17.3 Å². The molecule has 0 aliphatic carbocycles. The molecule has 0 aliphatic heterocycles. The van der Waals surface area contributed by atoms with Gasteiger partial charge in [0.15, 0.2) is 5.11 Å². The standard InChI is InChI=1S/C18H18Cl2N2O2S/c1-24-17(23)14-11-13(8-9-16(14)20)22-18(25)21-10-4-6-12-5-2-3-7-15(12)19/h2-3,5,7-9,11H,4,6,10H2,1H3,(H2,21,22,25). The molecule has 0 unspecified atom stereocenters. The van der Waals surface area contributed by atoms with Gasteiger partial charge in [-0.2, -0.15) is 0 Å². The number of carbonyl (C=O) groups is 1. The van der Waals surface area contributed by atoms with E-state index >= 15 is 0 Å². The second-order valence-electron chi connectivity index (χ2n) is 5.26. The molecule has 2 aromatic carbocycles. The first-order chi connectivity index (χ1) is 12.0. The fourth-order valence-electron chi connectivity index (χ4n) is 2.23. The van der Waals surface area contributed by atoms with Crippen molar-refractivity contribution >= 4 is 52.2 Å². The summed E-state index contributed by atoms with van der Waals surface area (Å²) in [5, 5.41) is 7.73. The maximum absolute atomic E-state index is 11.7. The van der Waals surface area contributed by atoms with E-state index in [0.717, 1.165) is 23.4 Å². The molecule has 0 fully saturated rings. The lowest BCUT2D eigenvalue weighted by Gasteiger charge is -2.12. The number of thiocarbonyl (C=S) groups is 1. The summed E-state index contributed by atoms with van der Waals surface area (Å²) in [4.78, 5) is 11.7. The predicted molar refractivity (Wildman–Crippen MR) is 107 cm³/mol. The molecular weight excluding hydrogens is 379 g/mol. The third-order valence-corrected chi connectivity index (χ3v) is 4.44. The van der Waals surface area contributed by atoms with Crippen LogP contribution in [-0.4, -0.2) is 24.7 Å². The molecule has 0 radical (unpaired) electrons. The van der Waals surface area contributed by atoms with Crippen molar-refractivity contribution in [2.75, 3.05) is 19.0 Å². The molecule has 0 saturated carbocycles. The van der Waals surface area contributed by atoms with Gasteiger partial charge in [0.1, 0.15) is 0 Å². The average molecular weight is 397 g/mol. The van der Waals surface area contributed by atoms with Crippen molar-refractivity contribution in [3.8, 4) is 0 Å². The van der Waals surface area contributed by atoms with Crippen LogP contribution in [0.1, 0.15) is 22.3 Å². The van der Waals surface area contributed by atoms with Crippen LogP contribution in [0.2, 0.25) is 10.0 Å². The second-order valence-corrected chi connectivity index (χ2v) is 6.48. The van der Waals surface area contributed by atoms with E-state index in [-0.39, 0.29) is 5.56 Å². The lowest BCUT2D eigenvalue weighted by atomic mass is 10.1. The van der Waals surface area contributed by atoms with Crippen LogP contribution in [0.15, 0.2) is 42.5 Å². The normalized spacial score (nSPS) is 10.2. The zero-order valence-electron chi connectivity index (χ0n) is 13.6. The number of nitrogens with one attached hydrogen (secondary N) is 2. The molecular formula is C18H18Cl2N2O2S. The molecule has 0 aromatic heterocycles. The lowest BCUT2D eigenvalue weighted by molar-refractivity contribution is 0.0601. The van der Waals surface area contributed by atoms with Crippen molar-refractivity contribution in [3.63, 3.8) is 0 Å². The highest BCUT2D eigenvalue weighted by atomic mass is 35.5. The van der Waals surface area contributed by atoms with Gasteiger partial charge in [0.2, 0.25) is 0 Å². The molecule has 0 spiro atoms. The first-order valence-electron chi connectivity index (χ1n) is 7.67. The van der Waals surface area contributed by atoms with Gasteiger partial charge in [-0.15, -0.1) is 0 Å². The topological polar surface area (TPSA) is 50.4 Å². The molecule has 2 N–H and O–H groups in total. The van der Waals surface area contributed by atoms with Gasteiger partial charge < -0.3 is 15.4 Å². The van der Waals surface area contributed by atoms with E-state index in [1.165, 1.54) is 7.11 Å². The number of benzene rings is 2. The van der Waals surface area contributed by atoms with E-state index in [2.05, 4.69) is 10.6 Å². The van der Waals surface area contributed by atoms with Crippen LogP contribution >= 0.6 is 35.4 Å². The summed E-state index contributed by atoms with van der Waals surface area (Å²) in [5.74, 6) is -0.493. The summed E-state index contributed by atoms with van der Waals surface area (Å²) >= 11 is 17.4. The van der Waals surface area contributed by atoms with Gasteiger partial charge >= 0.3 is 5.97 Å². The van der Waals surface area contributed by atoms with Gasteiger partial charge in [-0.1, -0.05) is 41.4 Å². The molecule has 0 atom stereocenters. The van der Waals surface area contributed by atoms with Crippen LogP contribution in [0.3, 0.4) is 0 Å². The van der Waals surface area contributed by atoms with Gasteiger partial charge in [0.05, 0.1) is 17.7 Å². The van der Waals surface area contributed by atoms with Crippen LogP contribution in [0.25, 0.3) is 0 Å². The summed E-state index contributed by atoms with van der Waals surface area (Å²) in [5.41, 5.74) is 2.06. The van der Waals surface area contributed by atoms with Gasteiger partial charge in [-0.3, -0.25) is 0 Å². The van der Waals surface area contributed by atoms with E-state index in [0.29, 0.717) is 22.4 Å². The molecule has 4 nitrogen and oxygen atoms in total. The monoisotopic (exact) mass is 396 g/mol. The number of halogens is 2. The Hall–Kier alpha value is -1.82. The summed E-state index contributed by atoms with van der Waals surface area (Å²) in [7, 11) is 1.31. The Labute approximate surface area is 162 Å². The number of aryl methyl sites for hydroxylation is 1. The van der Waals surface area contributed by atoms with Crippen molar-refractivity contribution < 1.29 is 9.53 Å². The summed E-state index contributed by atoms with van der Waals surface area (Å²) in [6.07, 6.45) is 1.75. The molecule has 25 heavy (non-hydrogen) atoms. The number of carbonyl (C=O) groups excluding carboxylic acids is 1. The molecule has 2 aromatic rings. The molecule has 2 rings (SSSR count). The maximum atomic E-state index is 11.7. The molecule has 0 bridgehead atoms. The minimum Gasteiger partial charge on any atom is -0.465 e. The van der Waals surface area contributed by atoms with Crippen molar-refractivity contribution in [2.45, 2.75) is 12.8 Å². The Morgan fingerprint density at radius 1 is 1.16 bits per heavy atom. The lowest BCUT2D eigenvalue weighted by Crippen LogP contribution is -2.29.